The van der Waals surface area contributed by atoms with Crippen molar-refractivity contribution in [2.45, 2.75) is 182 Å². The minimum Gasteiger partial charge on any atom is -0.507 e. The molecule has 1 aromatic heterocycles. The van der Waals surface area contributed by atoms with E-state index in [9.17, 15) is 29.7 Å². The third-order valence-corrected chi connectivity index (χ3v) is 11.7. The quantitative estimate of drug-likeness (QED) is 0.00823. The van der Waals surface area contributed by atoms with E-state index in [1.807, 2.05) is 0 Å². The number of esters is 1. The van der Waals surface area contributed by atoms with Crippen LogP contribution in [0.3, 0.4) is 0 Å². The SMILES string of the molecule is CCCCCCCCNOC(=O)C(C)Oc1ccc(-c2nc(-c3ccc(OC(C)C(=O)ONCCCCCCCC)cc3O)nc(-c3ccc(OC(C)C(=O)OC(N)CCCCCCC)cc3O)n2)c(O)c1. The van der Waals surface area contributed by atoms with Crippen LogP contribution < -0.4 is 30.9 Å². The molecule has 0 bridgehead atoms. The minimum absolute atomic E-state index is 0.0623. The number of phenolic OH excluding ortho intramolecular Hbond substituents is 3. The van der Waals surface area contributed by atoms with Gasteiger partial charge in [0.2, 0.25) is 0 Å². The monoisotopic (exact) mass is 1000 g/mol. The number of rotatable bonds is 35. The highest BCUT2D eigenvalue weighted by Crippen LogP contribution is 2.38. The lowest BCUT2D eigenvalue weighted by atomic mass is 10.1. The van der Waals surface area contributed by atoms with Crippen LogP contribution in [0.4, 0.5) is 0 Å². The molecule has 0 spiro atoms. The number of nitrogens with one attached hydrogen (secondary N) is 2. The van der Waals surface area contributed by atoms with Crippen molar-refractivity contribution in [3.8, 4) is 68.7 Å². The lowest BCUT2D eigenvalue weighted by Gasteiger charge is -2.18. The number of carbonyl (C=O) groups is 3. The van der Waals surface area contributed by atoms with Crippen molar-refractivity contribution >= 4 is 17.9 Å². The van der Waals surface area contributed by atoms with E-state index in [2.05, 4.69) is 46.7 Å². The molecule has 72 heavy (non-hydrogen) atoms. The zero-order valence-electron chi connectivity index (χ0n) is 43.1. The number of ether oxygens (including phenoxy) is 4. The highest BCUT2D eigenvalue weighted by atomic mass is 16.7. The number of aromatic nitrogens is 3. The summed E-state index contributed by atoms with van der Waals surface area (Å²) in [5, 5.41) is 34.1. The predicted octanol–water partition coefficient (Wildman–Crippen LogP) is 10.3. The van der Waals surface area contributed by atoms with Gasteiger partial charge in [-0.15, -0.1) is 0 Å². The Hall–Kier alpha value is -6.24. The van der Waals surface area contributed by atoms with Crippen LogP contribution in [0.1, 0.15) is 157 Å². The standard InChI is InChI=1S/C54H78N6O12/c1-7-10-13-16-19-22-31-56-71-53(65)37(5)68-40-26-29-43(46(62)34-40)50-58-49(42-28-25-39(33-45(42)61)67-36(4)52(64)70-48(55)24-21-18-15-12-9-3)59-51(60-50)44-30-27-41(35-47(44)63)69-38(6)54(66)72-57-32-23-20-17-14-11-8-2/h25-30,33-38,48,56-57,61-63H,7-24,31-32,55H2,1-6H3. The van der Waals surface area contributed by atoms with E-state index < -0.39 is 42.4 Å². The van der Waals surface area contributed by atoms with E-state index in [-0.39, 0.29) is 68.7 Å². The lowest BCUT2D eigenvalue weighted by Crippen LogP contribution is -2.34. The number of benzene rings is 3. The second kappa shape index (κ2) is 32.0. The maximum Gasteiger partial charge on any atom is 0.365 e. The van der Waals surface area contributed by atoms with E-state index in [0.717, 1.165) is 70.6 Å². The van der Waals surface area contributed by atoms with E-state index in [4.69, 9.17) is 34.4 Å². The van der Waals surface area contributed by atoms with Gasteiger partial charge in [0.1, 0.15) is 34.5 Å². The number of phenols is 3. The van der Waals surface area contributed by atoms with Gasteiger partial charge < -0.3 is 43.9 Å². The van der Waals surface area contributed by atoms with Crippen molar-refractivity contribution in [2.24, 2.45) is 5.73 Å². The Morgan fingerprint density at radius 3 is 1.15 bits per heavy atom. The molecule has 0 amide bonds. The van der Waals surface area contributed by atoms with Gasteiger partial charge in [0.25, 0.3) is 0 Å². The number of nitrogens with zero attached hydrogens (tertiary/aromatic N) is 3. The molecule has 0 saturated carbocycles. The number of carbonyl (C=O) groups excluding carboxylic acids is 3. The molecule has 4 aromatic rings. The zero-order chi connectivity index (χ0) is 52.3. The summed E-state index contributed by atoms with van der Waals surface area (Å²) in [6, 6.07) is 12.9. The third-order valence-electron chi connectivity index (χ3n) is 11.7. The van der Waals surface area contributed by atoms with Gasteiger partial charge in [-0.2, -0.15) is 11.0 Å². The van der Waals surface area contributed by atoms with Crippen LogP contribution in [0.15, 0.2) is 54.6 Å². The molecule has 3 aromatic carbocycles. The highest BCUT2D eigenvalue weighted by Gasteiger charge is 2.24. The van der Waals surface area contributed by atoms with Gasteiger partial charge in [-0.3, -0.25) is 5.73 Å². The summed E-state index contributed by atoms with van der Waals surface area (Å²) in [4.78, 5) is 62.4. The average molecular weight is 1000 g/mol. The van der Waals surface area contributed by atoms with Crippen LogP contribution in [0.25, 0.3) is 34.2 Å². The maximum absolute atomic E-state index is 12.8. The van der Waals surface area contributed by atoms with E-state index >= 15 is 0 Å². The van der Waals surface area contributed by atoms with Crippen molar-refractivity contribution in [1.29, 1.82) is 0 Å². The molecule has 0 radical (unpaired) electrons. The third kappa shape index (κ3) is 20.1. The fraction of sp³-hybridized carbons (Fsp3) is 0.556. The number of hydroxylamine groups is 2. The Kier molecular flexibility index (Phi) is 25.9. The summed E-state index contributed by atoms with van der Waals surface area (Å²) >= 11 is 0. The fourth-order valence-corrected chi connectivity index (χ4v) is 7.43. The van der Waals surface area contributed by atoms with Crippen molar-refractivity contribution in [2.75, 3.05) is 13.1 Å². The summed E-state index contributed by atoms with van der Waals surface area (Å²) < 4.78 is 22.8. The van der Waals surface area contributed by atoms with Crippen LogP contribution in [-0.2, 0) is 28.8 Å². The molecular formula is C54H78N6O12. The molecule has 0 fully saturated rings. The van der Waals surface area contributed by atoms with Crippen LogP contribution in [-0.4, -0.2) is 85.8 Å². The Bertz CT molecular complexity index is 2170. The first kappa shape index (κ1) is 58.3. The molecule has 0 aliphatic rings. The molecule has 4 rings (SSSR count). The minimum atomic E-state index is -1.05. The highest BCUT2D eigenvalue weighted by molar-refractivity contribution is 5.77. The molecule has 396 valence electrons. The first-order valence-corrected chi connectivity index (χ1v) is 25.8. The summed E-state index contributed by atoms with van der Waals surface area (Å²) in [7, 11) is 0. The average Bonchev–Trinajstić information content (AvgIpc) is 3.35. The summed E-state index contributed by atoms with van der Waals surface area (Å²) in [6.45, 7) is 12.1. The van der Waals surface area contributed by atoms with Crippen molar-refractivity contribution in [3.63, 3.8) is 0 Å². The Balaban J connectivity index is 1.54. The summed E-state index contributed by atoms with van der Waals surface area (Å²) in [5.41, 5.74) is 11.8. The van der Waals surface area contributed by atoms with Crippen LogP contribution in [0.2, 0.25) is 0 Å². The van der Waals surface area contributed by atoms with Crippen molar-refractivity contribution < 1.29 is 58.3 Å². The second-order valence-corrected chi connectivity index (χ2v) is 18.0. The first-order valence-electron chi connectivity index (χ1n) is 25.8. The van der Waals surface area contributed by atoms with Gasteiger partial charge >= 0.3 is 17.9 Å². The molecule has 0 saturated heterocycles. The number of aromatic hydroxyl groups is 3. The molecule has 0 aliphatic carbocycles. The number of hydrogen-bond donors (Lipinski definition) is 6. The summed E-state index contributed by atoms with van der Waals surface area (Å²) in [5.74, 6) is -2.65. The molecule has 7 N–H and O–H groups in total. The topological polar surface area (TPSA) is 256 Å². The second-order valence-electron chi connectivity index (χ2n) is 18.0. The number of hydrogen-bond acceptors (Lipinski definition) is 18. The molecular weight excluding hydrogens is 925 g/mol. The van der Waals surface area contributed by atoms with Gasteiger partial charge in [0.05, 0.1) is 16.7 Å². The maximum atomic E-state index is 12.8. The van der Waals surface area contributed by atoms with Gasteiger partial charge in [-0.25, -0.2) is 29.3 Å². The van der Waals surface area contributed by atoms with Crippen molar-refractivity contribution in [3.05, 3.63) is 54.6 Å². The Morgan fingerprint density at radius 1 is 0.486 bits per heavy atom. The molecule has 18 nitrogen and oxygen atoms in total. The van der Waals surface area contributed by atoms with E-state index in [0.29, 0.717) is 19.5 Å². The van der Waals surface area contributed by atoms with Gasteiger partial charge in [0.15, 0.2) is 42.0 Å². The first-order chi connectivity index (χ1) is 34.7. The van der Waals surface area contributed by atoms with E-state index in [1.165, 1.54) is 114 Å². The Morgan fingerprint density at radius 2 is 0.806 bits per heavy atom. The smallest absolute Gasteiger partial charge is 0.365 e. The largest absolute Gasteiger partial charge is 0.507 e. The van der Waals surface area contributed by atoms with E-state index in [1.54, 1.807) is 0 Å². The van der Waals surface area contributed by atoms with Gasteiger partial charge in [0, 0.05) is 31.3 Å². The van der Waals surface area contributed by atoms with Gasteiger partial charge in [-0.1, -0.05) is 111 Å². The molecule has 0 aliphatic heterocycles. The number of nitrogens with two attached hydrogens (primary N) is 1. The van der Waals surface area contributed by atoms with Gasteiger partial charge in [-0.05, 0) is 82.9 Å². The van der Waals surface area contributed by atoms with Crippen LogP contribution in [0.5, 0.6) is 34.5 Å². The van der Waals surface area contributed by atoms with Crippen LogP contribution in [0, 0.1) is 0 Å². The van der Waals surface area contributed by atoms with Crippen LogP contribution >= 0.6 is 0 Å². The molecule has 4 atom stereocenters. The van der Waals surface area contributed by atoms with Crippen molar-refractivity contribution in [1.82, 2.24) is 25.9 Å². The Labute approximate surface area is 424 Å². The molecule has 4 unspecified atom stereocenters. The number of unbranched alkanes of at least 4 members (excludes halogenated alkanes) is 14. The lowest BCUT2D eigenvalue weighted by molar-refractivity contribution is -0.159. The fourth-order valence-electron chi connectivity index (χ4n) is 7.43. The normalized spacial score (nSPS) is 12.9. The predicted molar refractivity (Wildman–Crippen MR) is 274 cm³/mol. The molecule has 1 heterocycles. The molecule has 18 heteroatoms. The zero-order valence-corrected chi connectivity index (χ0v) is 43.1. The summed E-state index contributed by atoms with van der Waals surface area (Å²) in [6.07, 6.45) is 15.0.